The largest absolute Gasteiger partial charge is 0.369 e. The van der Waals surface area contributed by atoms with Crippen molar-refractivity contribution in [3.63, 3.8) is 0 Å². The van der Waals surface area contributed by atoms with Gasteiger partial charge >= 0.3 is 3.18 Å². The van der Waals surface area contributed by atoms with Gasteiger partial charge in [-0.25, -0.2) is 0 Å². The lowest BCUT2D eigenvalue weighted by Gasteiger charge is -1.97. The predicted molar refractivity (Wildman–Crippen MR) is 60.1 cm³/mol. The lowest BCUT2D eigenvalue weighted by molar-refractivity contribution is 0.730. The monoisotopic (exact) mass is 330 g/mol. The Morgan fingerprint density at radius 1 is 0.900 bits per heavy atom. The first-order chi connectivity index (χ1) is 4.73. The van der Waals surface area contributed by atoms with Gasteiger partial charge in [0.25, 0.3) is 0 Å². The topological polar surface area (TPSA) is 0 Å². The normalized spacial score (nSPS) is 15.5. The highest BCUT2D eigenvalue weighted by atomic mass is 79.9. The summed E-state index contributed by atoms with van der Waals surface area (Å²) in [5.74, 6) is 0. The molecule has 1 rings (SSSR count). The molecule has 0 saturated heterocycles. The van der Waals surface area contributed by atoms with Crippen LogP contribution in [0.4, 0.5) is 0 Å². The van der Waals surface area contributed by atoms with Crippen LogP contribution in [-0.2, 0) is 0 Å². The summed E-state index contributed by atoms with van der Waals surface area (Å²) >= 11 is 9.31. The molecular formula is C6H10BBr3. The van der Waals surface area contributed by atoms with Crippen molar-refractivity contribution in [2.45, 2.75) is 25.7 Å². The maximum absolute atomic E-state index is 3.10. The van der Waals surface area contributed by atoms with Gasteiger partial charge in [0.05, 0.1) is 0 Å². The number of hydrogen-bond donors (Lipinski definition) is 0. The summed E-state index contributed by atoms with van der Waals surface area (Å²) in [5, 5.41) is 0. The van der Waals surface area contributed by atoms with Crippen LogP contribution in [0.5, 0.6) is 0 Å². The highest BCUT2D eigenvalue weighted by Gasteiger charge is 1.88. The first-order valence-electron chi connectivity index (χ1n) is 3.30. The van der Waals surface area contributed by atoms with Gasteiger partial charge in [0.2, 0.25) is 0 Å². The smallest absolute Gasteiger partial charge is 0.123 e. The van der Waals surface area contributed by atoms with Gasteiger partial charge in [-0.1, -0.05) is 12.2 Å². The van der Waals surface area contributed by atoms with Crippen LogP contribution < -0.4 is 0 Å². The minimum absolute atomic E-state index is 0.271. The van der Waals surface area contributed by atoms with Crippen molar-refractivity contribution in [2.75, 3.05) is 0 Å². The van der Waals surface area contributed by atoms with Crippen molar-refractivity contribution in [1.29, 1.82) is 0 Å². The molecule has 0 aromatic carbocycles. The van der Waals surface area contributed by atoms with E-state index in [4.69, 9.17) is 0 Å². The van der Waals surface area contributed by atoms with Crippen LogP contribution in [-0.4, -0.2) is 3.18 Å². The number of allylic oxidation sites excluding steroid dienone is 2. The van der Waals surface area contributed by atoms with E-state index in [2.05, 4.69) is 59.4 Å². The molecule has 0 N–H and O–H groups in total. The van der Waals surface area contributed by atoms with E-state index >= 15 is 0 Å². The summed E-state index contributed by atoms with van der Waals surface area (Å²) in [4.78, 5) is 0. The molecule has 0 nitrogen and oxygen atoms in total. The van der Waals surface area contributed by atoms with Crippen LogP contribution in [0.25, 0.3) is 0 Å². The average molecular weight is 333 g/mol. The molecule has 0 aromatic rings. The summed E-state index contributed by atoms with van der Waals surface area (Å²) in [6, 6.07) is 0. The molecule has 0 saturated carbocycles. The zero-order valence-electron chi connectivity index (χ0n) is 5.69. The summed E-state index contributed by atoms with van der Waals surface area (Å²) < 4.78 is 0.271. The Morgan fingerprint density at radius 3 is 1.30 bits per heavy atom. The summed E-state index contributed by atoms with van der Waals surface area (Å²) in [6.07, 6.45) is 10.0. The molecule has 0 amide bonds. The minimum Gasteiger partial charge on any atom is -0.123 e. The third kappa shape index (κ3) is 12.0. The second kappa shape index (κ2) is 8.34. The van der Waals surface area contributed by atoms with E-state index in [0.29, 0.717) is 0 Å². The van der Waals surface area contributed by atoms with E-state index in [9.17, 15) is 0 Å². The van der Waals surface area contributed by atoms with E-state index < -0.39 is 0 Å². The minimum atomic E-state index is 0.271. The van der Waals surface area contributed by atoms with Gasteiger partial charge in [0, 0.05) is 0 Å². The Labute approximate surface area is 87.8 Å². The molecule has 0 spiro atoms. The van der Waals surface area contributed by atoms with E-state index in [1.165, 1.54) is 25.7 Å². The summed E-state index contributed by atoms with van der Waals surface area (Å²) in [5.41, 5.74) is 0. The zero-order valence-corrected chi connectivity index (χ0v) is 10.5. The van der Waals surface area contributed by atoms with Crippen molar-refractivity contribution >= 4 is 50.5 Å². The van der Waals surface area contributed by atoms with Crippen LogP contribution in [0, 0.1) is 0 Å². The molecule has 0 radical (unpaired) electrons. The molecule has 10 heavy (non-hydrogen) atoms. The van der Waals surface area contributed by atoms with Crippen LogP contribution >= 0.6 is 47.3 Å². The van der Waals surface area contributed by atoms with Gasteiger partial charge < -0.3 is 0 Å². The van der Waals surface area contributed by atoms with Crippen molar-refractivity contribution < 1.29 is 0 Å². The van der Waals surface area contributed by atoms with E-state index in [1.54, 1.807) is 0 Å². The molecule has 0 fully saturated rings. The fourth-order valence-electron chi connectivity index (χ4n) is 0.760. The van der Waals surface area contributed by atoms with E-state index in [-0.39, 0.29) is 3.18 Å². The lowest BCUT2D eigenvalue weighted by atomic mass is 10.1. The molecule has 1 aliphatic carbocycles. The van der Waals surface area contributed by atoms with Crippen LogP contribution in [0.15, 0.2) is 12.2 Å². The number of hydrogen-bond acceptors (Lipinski definition) is 0. The molecule has 0 unspecified atom stereocenters. The van der Waals surface area contributed by atoms with Crippen molar-refractivity contribution in [3.8, 4) is 0 Å². The predicted octanol–water partition coefficient (Wildman–Crippen LogP) is 4.27. The first-order valence-corrected chi connectivity index (χ1v) is 6.05. The Hall–Kier alpha value is 1.24. The second-order valence-electron chi connectivity index (χ2n) is 2.00. The third-order valence-corrected chi connectivity index (χ3v) is 1.16. The molecule has 0 aliphatic heterocycles. The Morgan fingerprint density at radius 2 is 1.20 bits per heavy atom. The molecule has 0 heterocycles. The quantitative estimate of drug-likeness (QED) is 0.459. The van der Waals surface area contributed by atoms with Gasteiger partial charge in [0.1, 0.15) is 0 Å². The van der Waals surface area contributed by atoms with Crippen LogP contribution in [0.2, 0.25) is 0 Å². The van der Waals surface area contributed by atoms with Gasteiger partial charge in [-0.3, -0.25) is 0 Å². The molecule has 4 heteroatoms. The average Bonchev–Trinajstić information content (AvgIpc) is 1.90. The van der Waals surface area contributed by atoms with Gasteiger partial charge in [-0.15, -0.1) is 47.3 Å². The molecule has 0 atom stereocenters. The highest BCUT2D eigenvalue weighted by molar-refractivity contribution is 9.69. The van der Waals surface area contributed by atoms with Gasteiger partial charge in [0.15, 0.2) is 0 Å². The molecule has 0 aromatic heterocycles. The SMILES string of the molecule is BrB(Br)Br.C1=CCCCC1. The molecular weight excluding hydrogens is 323 g/mol. The molecule has 0 bridgehead atoms. The fourth-order valence-corrected chi connectivity index (χ4v) is 0.760. The fraction of sp³-hybridized carbons (Fsp3) is 0.667. The summed E-state index contributed by atoms with van der Waals surface area (Å²) in [6.45, 7) is 0. The Bertz CT molecular complexity index is 82.2. The lowest BCUT2D eigenvalue weighted by Crippen LogP contribution is -1.77. The number of halogens is 3. The third-order valence-electron chi connectivity index (χ3n) is 1.16. The van der Waals surface area contributed by atoms with E-state index in [1.807, 2.05) is 0 Å². The number of rotatable bonds is 0. The van der Waals surface area contributed by atoms with Crippen molar-refractivity contribution in [1.82, 2.24) is 0 Å². The zero-order chi connectivity index (χ0) is 7.82. The van der Waals surface area contributed by atoms with Crippen molar-refractivity contribution in [2.24, 2.45) is 0 Å². The summed E-state index contributed by atoms with van der Waals surface area (Å²) in [7, 11) is 0. The van der Waals surface area contributed by atoms with Gasteiger partial charge in [-0.2, -0.15) is 0 Å². The first kappa shape index (κ1) is 11.2. The highest BCUT2D eigenvalue weighted by Crippen LogP contribution is 2.07. The second-order valence-corrected chi connectivity index (χ2v) is 8.44. The van der Waals surface area contributed by atoms with Crippen molar-refractivity contribution in [3.05, 3.63) is 12.2 Å². The van der Waals surface area contributed by atoms with Crippen LogP contribution in [0.3, 0.4) is 0 Å². The standard InChI is InChI=1S/C6H10.BBr3/c1-2-4-6-5-3-1;2-1(3)4/h1-2H,3-6H2;. The Kier molecular flexibility index (Phi) is 9.38. The molecule has 1 aliphatic rings. The molecule has 58 valence electrons. The van der Waals surface area contributed by atoms with Gasteiger partial charge in [-0.05, 0) is 25.7 Å². The Balaban J connectivity index is 0.000000180. The maximum Gasteiger partial charge on any atom is 0.369 e. The van der Waals surface area contributed by atoms with Crippen LogP contribution in [0.1, 0.15) is 25.7 Å². The van der Waals surface area contributed by atoms with E-state index in [0.717, 1.165) is 0 Å². The maximum atomic E-state index is 3.10.